The molecule has 2 aromatic rings. The molecule has 0 saturated carbocycles. The number of carboxylic acid groups (broad SMARTS) is 1. The van der Waals surface area contributed by atoms with E-state index < -0.39 is 12.1 Å². The Balaban J connectivity index is 2.24. The summed E-state index contributed by atoms with van der Waals surface area (Å²) in [7, 11) is 0. The Hall–Kier alpha value is -3.06. The first kappa shape index (κ1) is 18.3. The number of hydroxylamine groups is 2. The van der Waals surface area contributed by atoms with Crippen LogP contribution in [0, 0.1) is 6.92 Å². The third-order valence-electron chi connectivity index (χ3n) is 3.67. The maximum absolute atomic E-state index is 11.5. The zero-order valence-electron chi connectivity index (χ0n) is 14.0. The Kier molecular flexibility index (Phi) is 5.97. The van der Waals surface area contributed by atoms with E-state index in [1.54, 1.807) is 43.3 Å². The van der Waals surface area contributed by atoms with Crippen molar-refractivity contribution in [2.24, 2.45) is 0 Å². The number of carbonyl (C=O) groups excluding carboxylic acids is 1. The van der Waals surface area contributed by atoms with Crippen molar-refractivity contribution < 1.29 is 24.6 Å². The number of ether oxygens (including phenoxy) is 1. The summed E-state index contributed by atoms with van der Waals surface area (Å²) in [5, 5.41) is 22.6. The first-order valence-electron chi connectivity index (χ1n) is 7.75. The number of hydrogen-bond acceptors (Lipinski definition) is 5. The van der Waals surface area contributed by atoms with Gasteiger partial charge in [-0.05, 0) is 43.2 Å². The van der Waals surface area contributed by atoms with Gasteiger partial charge in [0.25, 0.3) is 0 Å². The fourth-order valence-electron chi connectivity index (χ4n) is 2.34. The van der Waals surface area contributed by atoms with E-state index in [0.717, 1.165) is 5.56 Å². The lowest BCUT2D eigenvalue weighted by molar-refractivity contribution is -0.0801. The van der Waals surface area contributed by atoms with E-state index >= 15 is 0 Å². The number of aromatic carboxylic acids is 1. The van der Waals surface area contributed by atoms with Gasteiger partial charge in [-0.2, -0.15) is 5.06 Å². The van der Waals surface area contributed by atoms with E-state index in [9.17, 15) is 19.9 Å². The standard InChI is InChI=1S/C18H20N2O5/c1-3-25-18(23)20(24)11-13-7-6-10-15(12(13)2)19-16-9-5-4-8-14(16)17(21)22/h4-10,19,24H,3,11H2,1-2H3,(H,21,22). The molecule has 7 nitrogen and oxygen atoms in total. The highest BCUT2D eigenvalue weighted by molar-refractivity contribution is 5.95. The first-order chi connectivity index (χ1) is 11.9. The molecule has 0 unspecified atom stereocenters. The van der Waals surface area contributed by atoms with Gasteiger partial charge in [-0.3, -0.25) is 5.21 Å². The number of carboxylic acids is 1. The molecule has 0 spiro atoms. The topological polar surface area (TPSA) is 99.1 Å². The molecular formula is C18H20N2O5. The molecule has 0 fully saturated rings. The lowest BCUT2D eigenvalue weighted by atomic mass is 10.1. The van der Waals surface area contributed by atoms with E-state index in [0.29, 0.717) is 22.0 Å². The van der Waals surface area contributed by atoms with Crippen molar-refractivity contribution in [2.75, 3.05) is 11.9 Å². The molecule has 0 aromatic heterocycles. The number of nitrogens with zero attached hydrogens (tertiary/aromatic N) is 1. The number of anilines is 2. The second-order valence-corrected chi connectivity index (χ2v) is 5.32. The van der Waals surface area contributed by atoms with Gasteiger partial charge in [0.1, 0.15) is 0 Å². The van der Waals surface area contributed by atoms with Gasteiger partial charge in [-0.15, -0.1) is 0 Å². The quantitative estimate of drug-likeness (QED) is 0.545. The van der Waals surface area contributed by atoms with E-state index in [4.69, 9.17) is 4.74 Å². The van der Waals surface area contributed by atoms with Crippen LogP contribution in [0.4, 0.5) is 16.2 Å². The van der Waals surface area contributed by atoms with E-state index in [1.807, 2.05) is 6.92 Å². The van der Waals surface area contributed by atoms with E-state index in [2.05, 4.69) is 5.32 Å². The van der Waals surface area contributed by atoms with Crippen LogP contribution in [0.25, 0.3) is 0 Å². The fourth-order valence-corrected chi connectivity index (χ4v) is 2.34. The maximum Gasteiger partial charge on any atom is 0.434 e. The highest BCUT2D eigenvalue weighted by Gasteiger charge is 2.15. The highest BCUT2D eigenvalue weighted by Crippen LogP contribution is 2.26. The number of hydrogen-bond donors (Lipinski definition) is 3. The Morgan fingerprint density at radius 1 is 1.12 bits per heavy atom. The predicted molar refractivity (Wildman–Crippen MR) is 92.2 cm³/mol. The van der Waals surface area contributed by atoms with Gasteiger partial charge in [0.05, 0.1) is 24.4 Å². The third-order valence-corrected chi connectivity index (χ3v) is 3.67. The Morgan fingerprint density at radius 3 is 2.48 bits per heavy atom. The van der Waals surface area contributed by atoms with Crippen LogP contribution in [0.2, 0.25) is 0 Å². The van der Waals surface area contributed by atoms with Crippen LogP contribution in [-0.4, -0.2) is 34.0 Å². The fraction of sp³-hybridized carbons (Fsp3) is 0.222. The number of carbonyl (C=O) groups is 2. The van der Waals surface area contributed by atoms with Gasteiger partial charge < -0.3 is 15.2 Å². The minimum absolute atomic E-state index is 0.0409. The molecule has 0 heterocycles. The SMILES string of the molecule is CCOC(=O)N(O)Cc1cccc(Nc2ccccc2C(=O)O)c1C. The summed E-state index contributed by atoms with van der Waals surface area (Å²) in [6.45, 7) is 3.60. The van der Waals surface area contributed by atoms with Gasteiger partial charge in [0.2, 0.25) is 0 Å². The molecule has 2 aromatic carbocycles. The van der Waals surface area contributed by atoms with Crippen molar-refractivity contribution in [1.82, 2.24) is 5.06 Å². The zero-order valence-corrected chi connectivity index (χ0v) is 14.0. The Morgan fingerprint density at radius 2 is 1.80 bits per heavy atom. The summed E-state index contributed by atoms with van der Waals surface area (Å²) in [4.78, 5) is 22.8. The summed E-state index contributed by atoms with van der Waals surface area (Å²) in [6.07, 6.45) is -0.823. The van der Waals surface area contributed by atoms with Gasteiger partial charge in [0, 0.05) is 5.69 Å². The van der Waals surface area contributed by atoms with Crippen molar-refractivity contribution >= 4 is 23.4 Å². The van der Waals surface area contributed by atoms with Gasteiger partial charge in [0.15, 0.2) is 0 Å². The number of nitrogens with one attached hydrogen (secondary N) is 1. The number of rotatable bonds is 6. The average molecular weight is 344 g/mol. The summed E-state index contributed by atoms with van der Waals surface area (Å²) in [5.41, 5.74) is 2.78. The molecule has 3 N–H and O–H groups in total. The van der Waals surface area contributed by atoms with Crippen LogP contribution in [0.1, 0.15) is 28.4 Å². The van der Waals surface area contributed by atoms with E-state index in [1.165, 1.54) is 6.07 Å². The van der Waals surface area contributed by atoms with Crippen LogP contribution < -0.4 is 5.32 Å². The Labute approximate surface area is 145 Å². The largest absolute Gasteiger partial charge is 0.478 e. The Bertz CT molecular complexity index is 776. The molecule has 2 rings (SSSR count). The highest BCUT2D eigenvalue weighted by atomic mass is 16.6. The summed E-state index contributed by atoms with van der Waals surface area (Å²) < 4.78 is 4.74. The van der Waals surface area contributed by atoms with Crippen LogP contribution in [0.5, 0.6) is 0 Å². The van der Waals surface area contributed by atoms with Crippen molar-refractivity contribution in [1.29, 1.82) is 0 Å². The molecule has 132 valence electrons. The summed E-state index contributed by atoms with van der Waals surface area (Å²) in [5.74, 6) is -1.03. The van der Waals surface area contributed by atoms with Crippen molar-refractivity contribution in [3.8, 4) is 0 Å². The van der Waals surface area contributed by atoms with Crippen molar-refractivity contribution in [3.63, 3.8) is 0 Å². The average Bonchev–Trinajstić information content (AvgIpc) is 2.59. The molecule has 0 aliphatic heterocycles. The molecule has 0 atom stereocenters. The molecule has 0 saturated heterocycles. The third kappa shape index (κ3) is 4.48. The normalized spacial score (nSPS) is 10.2. The van der Waals surface area contributed by atoms with Crippen molar-refractivity contribution in [2.45, 2.75) is 20.4 Å². The first-order valence-corrected chi connectivity index (χ1v) is 7.75. The van der Waals surface area contributed by atoms with Gasteiger partial charge in [-0.25, -0.2) is 9.59 Å². The minimum atomic E-state index is -1.03. The molecule has 0 aliphatic carbocycles. The number of para-hydroxylation sites is 1. The summed E-state index contributed by atoms with van der Waals surface area (Å²) in [6, 6.07) is 11.9. The van der Waals surface area contributed by atoms with Gasteiger partial charge in [-0.1, -0.05) is 24.3 Å². The second-order valence-electron chi connectivity index (χ2n) is 5.32. The van der Waals surface area contributed by atoms with E-state index in [-0.39, 0.29) is 18.7 Å². The predicted octanol–water partition coefficient (Wildman–Crippen LogP) is 3.78. The van der Waals surface area contributed by atoms with Crippen LogP contribution in [-0.2, 0) is 11.3 Å². The van der Waals surface area contributed by atoms with Crippen molar-refractivity contribution in [3.05, 3.63) is 59.2 Å². The number of amides is 1. The molecule has 0 bridgehead atoms. The van der Waals surface area contributed by atoms with Gasteiger partial charge >= 0.3 is 12.1 Å². The lowest BCUT2D eigenvalue weighted by Crippen LogP contribution is -2.28. The maximum atomic E-state index is 11.5. The lowest BCUT2D eigenvalue weighted by Gasteiger charge is -2.18. The smallest absolute Gasteiger partial charge is 0.434 e. The van der Waals surface area contributed by atoms with Crippen LogP contribution in [0.15, 0.2) is 42.5 Å². The second kappa shape index (κ2) is 8.16. The van der Waals surface area contributed by atoms with Crippen LogP contribution >= 0.6 is 0 Å². The number of benzene rings is 2. The molecule has 0 aliphatic rings. The molecule has 7 heteroatoms. The molecule has 25 heavy (non-hydrogen) atoms. The molecule has 1 amide bonds. The van der Waals surface area contributed by atoms with Crippen LogP contribution in [0.3, 0.4) is 0 Å². The molecular weight excluding hydrogens is 324 g/mol. The minimum Gasteiger partial charge on any atom is -0.478 e. The zero-order chi connectivity index (χ0) is 18.4. The summed E-state index contributed by atoms with van der Waals surface area (Å²) >= 11 is 0. The molecule has 0 radical (unpaired) electrons. The monoisotopic (exact) mass is 344 g/mol.